The lowest BCUT2D eigenvalue weighted by Crippen LogP contribution is -2.45. The standard InChI is InChI=1S/C10H18ClNO/c1-10(2,3)9(13)12-6-4-5-8(11)7-12/h8H,4-7H2,1-3H3. The van der Waals surface area contributed by atoms with Crippen molar-refractivity contribution in [3.05, 3.63) is 0 Å². The summed E-state index contributed by atoms with van der Waals surface area (Å²) in [4.78, 5) is 13.7. The number of halogens is 1. The summed E-state index contributed by atoms with van der Waals surface area (Å²) in [6.45, 7) is 7.45. The number of carbonyl (C=O) groups is 1. The van der Waals surface area contributed by atoms with Gasteiger partial charge in [0.05, 0.1) is 5.38 Å². The Hall–Kier alpha value is -0.240. The van der Waals surface area contributed by atoms with Crippen molar-refractivity contribution in [1.29, 1.82) is 0 Å². The Balaban J connectivity index is 2.56. The van der Waals surface area contributed by atoms with Crippen molar-refractivity contribution in [2.45, 2.75) is 39.0 Å². The third kappa shape index (κ3) is 2.87. The van der Waals surface area contributed by atoms with E-state index in [2.05, 4.69) is 0 Å². The van der Waals surface area contributed by atoms with Crippen LogP contribution in [-0.4, -0.2) is 29.3 Å². The molecule has 0 saturated carbocycles. The van der Waals surface area contributed by atoms with Gasteiger partial charge >= 0.3 is 0 Å². The average molecular weight is 204 g/mol. The molecule has 0 aromatic rings. The number of hydrogen-bond acceptors (Lipinski definition) is 1. The second kappa shape index (κ2) is 3.87. The van der Waals surface area contributed by atoms with Crippen LogP contribution in [0.1, 0.15) is 33.6 Å². The van der Waals surface area contributed by atoms with Gasteiger partial charge in [0.25, 0.3) is 0 Å². The van der Waals surface area contributed by atoms with Gasteiger partial charge in [-0.2, -0.15) is 0 Å². The number of carbonyl (C=O) groups excluding carboxylic acids is 1. The number of likely N-dealkylation sites (tertiary alicyclic amines) is 1. The molecule has 0 N–H and O–H groups in total. The fraction of sp³-hybridized carbons (Fsp3) is 0.900. The molecule has 0 aliphatic carbocycles. The summed E-state index contributed by atoms with van der Waals surface area (Å²) in [7, 11) is 0. The topological polar surface area (TPSA) is 20.3 Å². The molecule has 1 atom stereocenters. The quantitative estimate of drug-likeness (QED) is 0.553. The van der Waals surface area contributed by atoms with Gasteiger partial charge in [0.15, 0.2) is 0 Å². The van der Waals surface area contributed by atoms with Gasteiger partial charge < -0.3 is 4.90 Å². The zero-order valence-corrected chi connectivity index (χ0v) is 9.40. The number of hydrogen-bond donors (Lipinski definition) is 0. The molecule has 0 aromatic carbocycles. The lowest BCUT2D eigenvalue weighted by Gasteiger charge is -2.34. The molecule has 0 spiro atoms. The van der Waals surface area contributed by atoms with Crippen molar-refractivity contribution in [1.82, 2.24) is 4.90 Å². The van der Waals surface area contributed by atoms with E-state index in [1.54, 1.807) is 0 Å². The van der Waals surface area contributed by atoms with Crippen LogP contribution in [0.4, 0.5) is 0 Å². The van der Waals surface area contributed by atoms with Gasteiger partial charge in [0, 0.05) is 18.5 Å². The van der Waals surface area contributed by atoms with Crippen LogP contribution in [0.5, 0.6) is 0 Å². The number of rotatable bonds is 0. The first-order valence-corrected chi connectivity index (χ1v) is 5.28. The molecule has 2 nitrogen and oxygen atoms in total. The normalized spacial score (nSPS) is 24.6. The van der Waals surface area contributed by atoms with Crippen molar-refractivity contribution >= 4 is 17.5 Å². The summed E-state index contributed by atoms with van der Waals surface area (Å²) in [5.41, 5.74) is -0.270. The van der Waals surface area contributed by atoms with Gasteiger partial charge in [-0.1, -0.05) is 20.8 Å². The maximum Gasteiger partial charge on any atom is 0.227 e. The fourth-order valence-electron chi connectivity index (χ4n) is 1.58. The summed E-state index contributed by atoms with van der Waals surface area (Å²) >= 11 is 6.01. The summed E-state index contributed by atoms with van der Waals surface area (Å²) in [5, 5.41) is 0.153. The van der Waals surface area contributed by atoms with E-state index in [1.165, 1.54) is 0 Å². The lowest BCUT2D eigenvalue weighted by molar-refractivity contribution is -0.140. The highest BCUT2D eigenvalue weighted by Gasteiger charge is 2.30. The van der Waals surface area contributed by atoms with E-state index in [-0.39, 0.29) is 16.7 Å². The average Bonchev–Trinajstić information content (AvgIpc) is 2.01. The van der Waals surface area contributed by atoms with Crippen LogP contribution in [-0.2, 0) is 4.79 Å². The molecule has 1 aliphatic rings. The SMILES string of the molecule is CC(C)(C)C(=O)N1CCCC(Cl)C1. The third-order valence-electron chi connectivity index (χ3n) is 2.29. The predicted molar refractivity (Wildman–Crippen MR) is 54.9 cm³/mol. The Morgan fingerprint density at radius 1 is 1.46 bits per heavy atom. The Morgan fingerprint density at radius 3 is 2.54 bits per heavy atom. The predicted octanol–water partition coefficient (Wildman–Crippen LogP) is 2.26. The Labute approximate surface area is 85.2 Å². The number of amides is 1. The van der Waals surface area contributed by atoms with E-state index in [4.69, 9.17) is 11.6 Å². The molecule has 13 heavy (non-hydrogen) atoms. The number of alkyl halides is 1. The van der Waals surface area contributed by atoms with E-state index < -0.39 is 0 Å². The van der Waals surface area contributed by atoms with E-state index in [0.29, 0.717) is 0 Å². The van der Waals surface area contributed by atoms with Crippen LogP contribution in [0.25, 0.3) is 0 Å². The highest BCUT2D eigenvalue weighted by atomic mass is 35.5. The Bertz CT molecular complexity index is 198. The molecule has 1 saturated heterocycles. The van der Waals surface area contributed by atoms with Crippen LogP contribution < -0.4 is 0 Å². The molecular weight excluding hydrogens is 186 g/mol. The second-order valence-corrected chi connectivity index (χ2v) is 5.36. The monoisotopic (exact) mass is 203 g/mol. The molecule has 1 amide bonds. The zero-order valence-electron chi connectivity index (χ0n) is 8.64. The van der Waals surface area contributed by atoms with Crippen LogP contribution in [0.2, 0.25) is 0 Å². The second-order valence-electron chi connectivity index (χ2n) is 4.74. The Morgan fingerprint density at radius 2 is 2.08 bits per heavy atom. The van der Waals surface area contributed by atoms with Crippen molar-refractivity contribution < 1.29 is 4.79 Å². The van der Waals surface area contributed by atoms with Gasteiger partial charge in [-0.05, 0) is 12.8 Å². The van der Waals surface area contributed by atoms with Gasteiger partial charge in [-0.25, -0.2) is 0 Å². The maximum absolute atomic E-state index is 11.8. The van der Waals surface area contributed by atoms with Crippen LogP contribution >= 0.6 is 11.6 Å². The molecule has 1 fully saturated rings. The molecule has 76 valence electrons. The highest BCUT2D eigenvalue weighted by Crippen LogP contribution is 2.22. The van der Waals surface area contributed by atoms with Crippen LogP contribution in [0.15, 0.2) is 0 Å². The van der Waals surface area contributed by atoms with E-state index in [1.807, 2.05) is 25.7 Å². The summed E-state index contributed by atoms with van der Waals surface area (Å²) in [5.74, 6) is 0.220. The Kier molecular flexibility index (Phi) is 3.23. The van der Waals surface area contributed by atoms with E-state index in [9.17, 15) is 4.79 Å². The fourth-order valence-corrected chi connectivity index (χ4v) is 1.91. The summed E-state index contributed by atoms with van der Waals surface area (Å²) in [6, 6.07) is 0. The van der Waals surface area contributed by atoms with Gasteiger partial charge in [-0.3, -0.25) is 4.79 Å². The van der Waals surface area contributed by atoms with E-state index >= 15 is 0 Å². The van der Waals surface area contributed by atoms with E-state index in [0.717, 1.165) is 25.9 Å². The molecule has 1 heterocycles. The van der Waals surface area contributed by atoms with Crippen molar-refractivity contribution in [3.63, 3.8) is 0 Å². The third-order valence-corrected chi connectivity index (χ3v) is 2.65. The minimum absolute atomic E-state index is 0.153. The van der Waals surface area contributed by atoms with Crippen molar-refractivity contribution in [2.75, 3.05) is 13.1 Å². The molecule has 0 radical (unpaired) electrons. The zero-order chi connectivity index (χ0) is 10.1. The van der Waals surface area contributed by atoms with Crippen molar-refractivity contribution in [3.8, 4) is 0 Å². The molecule has 3 heteroatoms. The molecule has 0 aromatic heterocycles. The molecule has 0 bridgehead atoms. The smallest absolute Gasteiger partial charge is 0.227 e. The first-order valence-electron chi connectivity index (χ1n) is 4.84. The summed E-state index contributed by atoms with van der Waals surface area (Å²) in [6.07, 6.45) is 2.07. The molecule has 1 unspecified atom stereocenters. The minimum atomic E-state index is -0.270. The molecular formula is C10H18ClNO. The minimum Gasteiger partial charge on any atom is -0.341 e. The summed E-state index contributed by atoms with van der Waals surface area (Å²) < 4.78 is 0. The van der Waals surface area contributed by atoms with Crippen LogP contribution in [0, 0.1) is 5.41 Å². The number of piperidine rings is 1. The van der Waals surface area contributed by atoms with Gasteiger partial charge in [-0.15, -0.1) is 11.6 Å². The maximum atomic E-state index is 11.8. The largest absolute Gasteiger partial charge is 0.341 e. The first kappa shape index (κ1) is 10.8. The number of nitrogens with zero attached hydrogens (tertiary/aromatic N) is 1. The highest BCUT2D eigenvalue weighted by molar-refractivity contribution is 6.20. The molecule has 1 rings (SSSR count). The lowest BCUT2D eigenvalue weighted by atomic mass is 9.93. The molecule has 1 aliphatic heterocycles. The van der Waals surface area contributed by atoms with Gasteiger partial charge in [0.2, 0.25) is 5.91 Å². The van der Waals surface area contributed by atoms with Crippen LogP contribution in [0.3, 0.4) is 0 Å². The van der Waals surface area contributed by atoms with Crippen molar-refractivity contribution in [2.24, 2.45) is 5.41 Å². The first-order chi connectivity index (χ1) is 5.91. The van der Waals surface area contributed by atoms with Gasteiger partial charge in [0.1, 0.15) is 0 Å².